The van der Waals surface area contributed by atoms with Gasteiger partial charge in [0, 0.05) is 11.5 Å². The van der Waals surface area contributed by atoms with Crippen molar-refractivity contribution in [3.63, 3.8) is 0 Å². The molecule has 0 aliphatic heterocycles. The Hall–Kier alpha value is -3.19. The van der Waals surface area contributed by atoms with Crippen LogP contribution in [-0.2, 0) is 0 Å². The molecule has 0 N–H and O–H groups in total. The number of allylic oxidation sites excluding steroid dienone is 1. The zero-order valence-electron chi connectivity index (χ0n) is 12.9. The van der Waals surface area contributed by atoms with Gasteiger partial charge < -0.3 is 13.9 Å². The summed E-state index contributed by atoms with van der Waals surface area (Å²) >= 11 is 0. The Morgan fingerprint density at radius 2 is 1.74 bits per heavy atom. The van der Waals surface area contributed by atoms with Crippen LogP contribution in [0.2, 0.25) is 0 Å². The van der Waals surface area contributed by atoms with E-state index in [1.54, 1.807) is 38.5 Å². The molecule has 114 valence electrons. The molecule has 0 saturated carbocycles. The smallest absolute Gasteiger partial charge is 0.134 e. The third-order valence-electron chi connectivity index (χ3n) is 3.51. The molecule has 3 aromatic rings. The van der Waals surface area contributed by atoms with Crippen molar-refractivity contribution in [2.24, 2.45) is 0 Å². The molecule has 0 radical (unpaired) electrons. The van der Waals surface area contributed by atoms with Crippen LogP contribution in [0.3, 0.4) is 0 Å². The number of rotatable bonds is 4. The lowest BCUT2D eigenvalue weighted by Gasteiger charge is -2.07. The predicted octanol–water partition coefficient (Wildman–Crippen LogP) is 4.51. The third kappa shape index (κ3) is 3.04. The molecule has 0 amide bonds. The third-order valence-corrected chi connectivity index (χ3v) is 3.51. The first-order valence-electron chi connectivity index (χ1n) is 7.07. The Kier molecular flexibility index (Phi) is 4.03. The maximum Gasteiger partial charge on any atom is 0.134 e. The van der Waals surface area contributed by atoms with E-state index in [1.807, 2.05) is 30.3 Å². The maximum atomic E-state index is 9.50. The monoisotopic (exact) mass is 305 g/mol. The zero-order chi connectivity index (χ0) is 16.2. The molecule has 4 heteroatoms. The van der Waals surface area contributed by atoms with E-state index in [4.69, 9.17) is 13.9 Å². The van der Waals surface area contributed by atoms with Gasteiger partial charge in [-0.25, -0.2) is 0 Å². The number of fused-ring (bicyclic) bond motifs is 1. The highest BCUT2D eigenvalue weighted by Crippen LogP contribution is 2.29. The highest BCUT2D eigenvalue weighted by atomic mass is 16.5. The lowest BCUT2D eigenvalue weighted by atomic mass is 10.1. The molecule has 0 aliphatic carbocycles. The molecule has 23 heavy (non-hydrogen) atoms. The van der Waals surface area contributed by atoms with Crippen molar-refractivity contribution in [2.75, 3.05) is 14.2 Å². The average Bonchev–Trinajstić information content (AvgIpc) is 3.01. The number of nitriles is 1. The van der Waals surface area contributed by atoms with Gasteiger partial charge in [0.2, 0.25) is 0 Å². The predicted molar refractivity (Wildman–Crippen MR) is 89.2 cm³/mol. The van der Waals surface area contributed by atoms with Crippen LogP contribution in [0.15, 0.2) is 52.9 Å². The maximum absolute atomic E-state index is 9.50. The second kappa shape index (κ2) is 6.29. The van der Waals surface area contributed by atoms with Gasteiger partial charge in [-0.1, -0.05) is 18.2 Å². The van der Waals surface area contributed by atoms with E-state index >= 15 is 0 Å². The molecule has 0 atom stereocenters. The number of hydrogen-bond acceptors (Lipinski definition) is 4. The molecule has 0 saturated heterocycles. The molecule has 4 nitrogen and oxygen atoms in total. The molecule has 0 unspecified atom stereocenters. The fourth-order valence-electron chi connectivity index (χ4n) is 2.36. The van der Waals surface area contributed by atoms with Crippen LogP contribution < -0.4 is 9.47 Å². The first kappa shape index (κ1) is 14.7. The molecule has 3 rings (SSSR count). The molecule has 0 fully saturated rings. The van der Waals surface area contributed by atoms with Gasteiger partial charge >= 0.3 is 0 Å². The van der Waals surface area contributed by atoms with Gasteiger partial charge in [0.25, 0.3) is 0 Å². The molecule has 1 heterocycles. The summed E-state index contributed by atoms with van der Waals surface area (Å²) in [4.78, 5) is 0. The number of para-hydroxylation sites is 1. The summed E-state index contributed by atoms with van der Waals surface area (Å²) in [6, 6.07) is 17.2. The van der Waals surface area contributed by atoms with Crippen molar-refractivity contribution >= 4 is 22.6 Å². The van der Waals surface area contributed by atoms with Crippen LogP contribution in [0.4, 0.5) is 0 Å². The average molecular weight is 305 g/mol. The van der Waals surface area contributed by atoms with Crippen molar-refractivity contribution in [3.05, 3.63) is 59.9 Å². The quantitative estimate of drug-likeness (QED) is 0.665. The Morgan fingerprint density at radius 1 is 1.04 bits per heavy atom. The van der Waals surface area contributed by atoms with E-state index in [9.17, 15) is 5.26 Å². The Balaban J connectivity index is 2.06. The van der Waals surface area contributed by atoms with E-state index in [0.717, 1.165) is 11.0 Å². The lowest BCUT2D eigenvalue weighted by Crippen LogP contribution is -1.90. The van der Waals surface area contributed by atoms with Crippen LogP contribution in [-0.4, -0.2) is 14.2 Å². The van der Waals surface area contributed by atoms with Crippen molar-refractivity contribution in [2.45, 2.75) is 0 Å². The summed E-state index contributed by atoms with van der Waals surface area (Å²) in [5.41, 5.74) is 1.98. The van der Waals surface area contributed by atoms with E-state index in [0.29, 0.717) is 28.4 Å². The fraction of sp³-hybridized carbons (Fsp3) is 0.105. The second-order valence-corrected chi connectivity index (χ2v) is 4.96. The largest absolute Gasteiger partial charge is 0.497 e. The first-order valence-corrected chi connectivity index (χ1v) is 7.07. The second-order valence-electron chi connectivity index (χ2n) is 4.96. The normalized spacial score (nSPS) is 11.3. The van der Waals surface area contributed by atoms with Crippen molar-refractivity contribution in [1.29, 1.82) is 5.26 Å². The minimum Gasteiger partial charge on any atom is -0.497 e. The summed E-state index contributed by atoms with van der Waals surface area (Å²) in [6.45, 7) is 0. The zero-order valence-corrected chi connectivity index (χ0v) is 12.9. The number of ether oxygens (including phenoxy) is 2. The summed E-state index contributed by atoms with van der Waals surface area (Å²) < 4.78 is 16.2. The topological polar surface area (TPSA) is 55.4 Å². The molecule has 2 aromatic carbocycles. The van der Waals surface area contributed by atoms with Crippen LogP contribution in [0, 0.1) is 11.3 Å². The van der Waals surface area contributed by atoms with E-state index in [1.165, 1.54) is 0 Å². The summed E-state index contributed by atoms with van der Waals surface area (Å²) in [6.07, 6.45) is 1.72. The van der Waals surface area contributed by atoms with Crippen molar-refractivity contribution < 1.29 is 13.9 Å². The van der Waals surface area contributed by atoms with Gasteiger partial charge in [0.1, 0.15) is 22.8 Å². The summed E-state index contributed by atoms with van der Waals surface area (Å²) in [7, 11) is 3.15. The number of hydrogen-bond donors (Lipinski definition) is 0. The van der Waals surface area contributed by atoms with Crippen LogP contribution in [0.1, 0.15) is 11.3 Å². The summed E-state index contributed by atoms with van der Waals surface area (Å²) in [5, 5.41) is 10.5. The van der Waals surface area contributed by atoms with Gasteiger partial charge in [-0.3, -0.25) is 0 Å². The highest BCUT2D eigenvalue weighted by molar-refractivity contribution is 5.91. The SMILES string of the molecule is COc1cc(OC)cc(/C(C#N)=C/c2cc3ccccc3o2)c1. The van der Waals surface area contributed by atoms with Crippen LogP contribution >= 0.6 is 0 Å². The summed E-state index contributed by atoms with van der Waals surface area (Å²) in [5.74, 6) is 1.89. The van der Waals surface area contributed by atoms with E-state index in [2.05, 4.69) is 6.07 Å². The Bertz CT molecular complexity index is 861. The van der Waals surface area contributed by atoms with E-state index < -0.39 is 0 Å². The highest BCUT2D eigenvalue weighted by Gasteiger charge is 2.08. The molecule has 0 spiro atoms. The molecule has 0 bridgehead atoms. The van der Waals surface area contributed by atoms with Gasteiger partial charge in [-0.15, -0.1) is 0 Å². The molecule has 0 aliphatic rings. The van der Waals surface area contributed by atoms with Gasteiger partial charge in [-0.2, -0.15) is 5.26 Å². The minimum atomic E-state index is 0.473. The molecule has 1 aromatic heterocycles. The lowest BCUT2D eigenvalue weighted by molar-refractivity contribution is 0.394. The van der Waals surface area contributed by atoms with Gasteiger partial charge in [0.05, 0.1) is 25.9 Å². The van der Waals surface area contributed by atoms with Crippen LogP contribution in [0.25, 0.3) is 22.6 Å². The Morgan fingerprint density at radius 3 is 2.35 bits per heavy atom. The number of furan rings is 1. The minimum absolute atomic E-state index is 0.473. The standard InChI is InChI=1S/C19H15NO3/c1-21-16-8-14(9-17(11-16)22-2)15(12-20)10-18-7-13-5-3-4-6-19(13)23-18/h3-11H,1-2H3/b15-10+. The van der Waals surface area contributed by atoms with Crippen LogP contribution in [0.5, 0.6) is 11.5 Å². The Labute approximate surface area is 134 Å². The number of methoxy groups -OCH3 is 2. The first-order chi connectivity index (χ1) is 11.2. The number of nitrogens with zero attached hydrogens (tertiary/aromatic N) is 1. The van der Waals surface area contributed by atoms with Gasteiger partial charge in [0.15, 0.2) is 0 Å². The van der Waals surface area contributed by atoms with Crippen molar-refractivity contribution in [3.8, 4) is 17.6 Å². The van der Waals surface area contributed by atoms with Crippen molar-refractivity contribution in [1.82, 2.24) is 0 Å². The van der Waals surface area contributed by atoms with E-state index in [-0.39, 0.29) is 0 Å². The van der Waals surface area contributed by atoms with Gasteiger partial charge in [-0.05, 0) is 35.9 Å². The molecular weight excluding hydrogens is 290 g/mol. The fourth-order valence-corrected chi connectivity index (χ4v) is 2.36. The number of benzene rings is 2. The molecular formula is C19H15NO3.